The Morgan fingerprint density at radius 2 is 2.06 bits per heavy atom. The predicted molar refractivity (Wildman–Crippen MR) is 66.7 cm³/mol. The van der Waals surface area contributed by atoms with Crippen LogP contribution in [0.4, 0.5) is 0 Å². The normalized spacial score (nSPS) is 17.0. The molecule has 1 aromatic rings. The zero-order chi connectivity index (χ0) is 11.4. The standard InChI is InChI=1S/C12H13ClN2S/c13-11-6-9(8-14)7-12(15-11)16-10-4-2-1-3-5-10/h6-7,10H,1-5H2. The van der Waals surface area contributed by atoms with E-state index in [4.69, 9.17) is 16.9 Å². The summed E-state index contributed by atoms with van der Waals surface area (Å²) in [6.45, 7) is 0. The number of pyridine rings is 1. The molecule has 0 saturated heterocycles. The molecule has 2 nitrogen and oxygen atoms in total. The maximum atomic E-state index is 8.85. The van der Waals surface area contributed by atoms with Gasteiger partial charge in [0.15, 0.2) is 0 Å². The smallest absolute Gasteiger partial charge is 0.131 e. The first kappa shape index (κ1) is 11.8. The van der Waals surface area contributed by atoms with Crippen molar-refractivity contribution < 1.29 is 0 Å². The van der Waals surface area contributed by atoms with Gasteiger partial charge in [-0.3, -0.25) is 0 Å². The van der Waals surface area contributed by atoms with Crippen molar-refractivity contribution in [1.29, 1.82) is 5.26 Å². The van der Waals surface area contributed by atoms with Gasteiger partial charge in [-0.05, 0) is 25.0 Å². The summed E-state index contributed by atoms with van der Waals surface area (Å²) in [5.41, 5.74) is 0.596. The van der Waals surface area contributed by atoms with Crippen LogP contribution < -0.4 is 0 Å². The van der Waals surface area contributed by atoms with Gasteiger partial charge in [0.05, 0.1) is 16.7 Å². The lowest BCUT2D eigenvalue weighted by atomic mass is 10.0. The van der Waals surface area contributed by atoms with E-state index in [2.05, 4.69) is 11.1 Å². The Hall–Kier alpha value is -0.720. The van der Waals surface area contributed by atoms with Crippen LogP contribution >= 0.6 is 23.4 Å². The predicted octanol–water partition coefficient (Wildman–Crippen LogP) is 4.03. The summed E-state index contributed by atoms with van der Waals surface area (Å²) in [6.07, 6.45) is 6.47. The molecule has 2 rings (SSSR count). The third-order valence-corrected chi connectivity index (χ3v) is 4.19. The fourth-order valence-corrected chi connectivity index (χ4v) is 3.47. The lowest BCUT2D eigenvalue weighted by Gasteiger charge is -2.20. The molecule has 1 aromatic heterocycles. The number of rotatable bonds is 2. The van der Waals surface area contributed by atoms with Crippen LogP contribution in [-0.2, 0) is 0 Å². The highest BCUT2D eigenvalue weighted by Crippen LogP contribution is 2.33. The maximum Gasteiger partial charge on any atom is 0.131 e. The zero-order valence-electron chi connectivity index (χ0n) is 8.95. The van der Waals surface area contributed by atoms with Gasteiger partial charge in [-0.15, -0.1) is 11.8 Å². The van der Waals surface area contributed by atoms with Gasteiger partial charge in [0.25, 0.3) is 0 Å². The summed E-state index contributed by atoms with van der Waals surface area (Å²) in [7, 11) is 0. The van der Waals surface area contributed by atoms with Crippen LogP contribution in [0.25, 0.3) is 0 Å². The van der Waals surface area contributed by atoms with E-state index in [-0.39, 0.29) is 0 Å². The molecule has 1 aliphatic rings. The largest absolute Gasteiger partial charge is 0.230 e. The molecule has 1 fully saturated rings. The summed E-state index contributed by atoms with van der Waals surface area (Å²) in [5, 5.41) is 10.8. The average molecular weight is 253 g/mol. The molecule has 1 saturated carbocycles. The highest BCUT2D eigenvalue weighted by atomic mass is 35.5. The fourth-order valence-electron chi connectivity index (χ4n) is 1.95. The van der Waals surface area contributed by atoms with E-state index in [1.807, 2.05) is 6.07 Å². The van der Waals surface area contributed by atoms with Crippen molar-refractivity contribution >= 4 is 23.4 Å². The molecule has 0 unspecified atom stereocenters. The lowest BCUT2D eigenvalue weighted by molar-refractivity contribution is 0.515. The fraction of sp³-hybridized carbons (Fsp3) is 0.500. The number of thioether (sulfide) groups is 1. The minimum atomic E-state index is 0.414. The lowest BCUT2D eigenvalue weighted by Crippen LogP contribution is -2.08. The van der Waals surface area contributed by atoms with Crippen LogP contribution in [0.5, 0.6) is 0 Å². The number of hydrogen-bond donors (Lipinski definition) is 0. The van der Waals surface area contributed by atoms with Crippen LogP contribution in [0.15, 0.2) is 17.2 Å². The van der Waals surface area contributed by atoms with Crippen LogP contribution in [0, 0.1) is 11.3 Å². The van der Waals surface area contributed by atoms with Crippen molar-refractivity contribution in [3.05, 3.63) is 22.8 Å². The zero-order valence-corrected chi connectivity index (χ0v) is 10.5. The number of aromatic nitrogens is 1. The van der Waals surface area contributed by atoms with E-state index in [0.29, 0.717) is 16.0 Å². The van der Waals surface area contributed by atoms with Crippen molar-refractivity contribution in [3.8, 4) is 6.07 Å². The van der Waals surface area contributed by atoms with Crippen molar-refractivity contribution in [3.63, 3.8) is 0 Å². The Kier molecular flexibility index (Phi) is 4.09. The van der Waals surface area contributed by atoms with Crippen LogP contribution in [-0.4, -0.2) is 10.2 Å². The van der Waals surface area contributed by atoms with E-state index in [1.165, 1.54) is 32.1 Å². The summed E-state index contributed by atoms with van der Waals surface area (Å²) in [4.78, 5) is 4.25. The van der Waals surface area contributed by atoms with Gasteiger partial charge in [0.2, 0.25) is 0 Å². The van der Waals surface area contributed by atoms with E-state index in [9.17, 15) is 0 Å². The maximum absolute atomic E-state index is 8.85. The Morgan fingerprint density at radius 1 is 1.31 bits per heavy atom. The van der Waals surface area contributed by atoms with Gasteiger partial charge in [-0.1, -0.05) is 30.9 Å². The number of nitrogens with zero attached hydrogens (tertiary/aromatic N) is 2. The van der Waals surface area contributed by atoms with Gasteiger partial charge in [-0.25, -0.2) is 4.98 Å². The van der Waals surface area contributed by atoms with Gasteiger partial charge < -0.3 is 0 Å². The molecule has 84 valence electrons. The first-order valence-electron chi connectivity index (χ1n) is 5.52. The third kappa shape index (κ3) is 3.13. The molecule has 0 aromatic carbocycles. The Balaban J connectivity index is 2.08. The molecule has 0 N–H and O–H groups in total. The van der Waals surface area contributed by atoms with E-state index < -0.39 is 0 Å². The monoisotopic (exact) mass is 252 g/mol. The Bertz CT molecular complexity index is 408. The van der Waals surface area contributed by atoms with Gasteiger partial charge in [0.1, 0.15) is 5.15 Å². The molecule has 1 aliphatic carbocycles. The molecule has 0 aliphatic heterocycles. The van der Waals surface area contributed by atoms with Crippen molar-refractivity contribution in [1.82, 2.24) is 4.98 Å². The van der Waals surface area contributed by atoms with Crippen molar-refractivity contribution in [2.24, 2.45) is 0 Å². The second kappa shape index (κ2) is 5.56. The average Bonchev–Trinajstić information content (AvgIpc) is 2.29. The van der Waals surface area contributed by atoms with Crippen molar-refractivity contribution in [2.45, 2.75) is 42.4 Å². The van der Waals surface area contributed by atoms with E-state index in [1.54, 1.807) is 17.8 Å². The first-order valence-corrected chi connectivity index (χ1v) is 6.78. The second-order valence-electron chi connectivity index (χ2n) is 4.01. The number of nitriles is 1. The molecule has 0 amide bonds. The highest BCUT2D eigenvalue weighted by molar-refractivity contribution is 7.99. The molecule has 4 heteroatoms. The van der Waals surface area contributed by atoms with Gasteiger partial charge >= 0.3 is 0 Å². The van der Waals surface area contributed by atoms with Crippen LogP contribution in [0.2, 0.25) is 5.15 Å². The number of halogens is 1. The molecule has 0 spiro atoms. The minimum Gasteiger partial charge on any atom is -0.230 e. The van der Waals surface area contributed by atoms with Crippen LogP contribution in [0.3, 0.4) is 0 Å². The summed E-state index contributed by atoms with van der Waals surface area (Å²) >= 11 is 7.63. The topological polar surface area (TPSA) is 36.7 Å². The molecular weight excluding hydrogens is 240 g/mol. The van der Waals surface area contributed by atoms with Gasteiger partial charge in [0, 0.05) is 5.25 Å². The number of hydrogen-bond acceptors (Lipinski definition) is 3. The summed E-state index contributed by atoms with van der Waals surface area (Å²) in [6, 6.07) is 5.54. The first-order chi connectivity index (χ1) is 7.78. The molecule has 0 atom stereocenters. The molecular formula is C12H13ClN2S. The summed E-state index contributed by atoms with van der Waals surface area (Å²) < 4.78 is 0. The molecule has 0 radical (unpaired) electrons. The van der Waals surface area contributed by atoms with Crippen molar-refractivity contribution in [2.75, 3.05) is 0 Å². The van der Waals surface area contributed by atoms with E-state index in [0.717, 1.165) is 5.03 Å². The Morgan fingerprint density at radius 3 is 2.75 bits per heavy atom. The highest BCUT2D eigenvalue weighted by Gasteiger charge is 2.15. The quantitative estimate of drug-likeness (QED) is 0.746. The van der Waals surface area contributed by atoms with Crippen LogP contribution in [0.1, 0.15) is 37.7 Å². The third-order valence-electron chi connectivity index (χ3n) is 2.74. The Labute approximate surface area is 105 Å². The molecule has 16 heavy (non-hydrogen) atoms. The molecule has 1 heterocycles. The van der Waals surface area contributed by atoms with E-state index >= 15 is 0 Å². The summed E-state index contributed by atoms with van der Waals surface area (Å²) in [5.74, 6) is 0. The SMILES string of the molecule is N#Cc1cc(Cl)nc(SC2CCCCC2)c1. The second-order valence-corrected chi connectivity index (χ2v) is 5.71. The molecule has 0 bridgehead atoms. The minimum absolute atomic E-state index is 0.414. The van der Waals surface area contributed by atoms with Gasteiger partial charge in [-0.2, -0.15) is 5.26 Å².